The number of amides is 1. The Labute approximate surface area is 97.3 Å². The zero-order valence-corrected chi connectivity index (χ0v) is 8.91. The minimum Gasteiger partial charge on any atom is -0.481 e. The van der Waals surface area contributed by atoms with Crippen LogP contribution in [-0.4, -0.2) is 33.3 Å². The average molecular weight is 239 g/mol. The normalized spacial score (nSPS) is 14.0. The molecule has 92 valence electrons. The third-order valence-corrected chi connectivity index (χ3v) is 2.26. The van der Waals surface area contributed by atoms with Crippen molar-refractivity contribution in [2.75, 3.05) is 0 Å². The van der Waals surface area contributed by atoms with Gasteiger partial charge in [0.25, 0.3) is 0 Å². The standard InChI is InChI=1S/C11H13NO5/c12-11(17)7-3-1-2-6(4-7)10(16)8(13)5-9(14)15/h1-4,8,10,13,16H,5H2,(H2,12,17)(H,14,15). The van der Waals surface area contributed by atoms with Gasteiger partial charge in [-0.15, -0.1) is 0 Å². The van der Waals surface area contributed by atoms with Crippen molar-refractivity contribution in [3.63, 3.8) is 0 Å². The molecule has 0 aromatic heterocycles. The summed E-state index contributed by atoms with van der Waals surface area (Å²) >= 11 is 0. The van der Waals surface area contributed by atoms with E-state index in [2.05, 4.69) is 0 Å². The number of carbonyl (C=O) groups is 2. The molecule has 0 bridgehead atoms. The number of aliphatic carboxylic acids is 1. The number of rotatable bonds is 5. The molecule has 1 amide bonds. The molecule has 0 aliphatic carbocycles. The van der Waals surface area contributed by atoms with Crippen molar-refractivity contribution >= 4 is 11.9 Å². The fraction of sp³-hybridized carbons (Fsp3) is 0.273. The molecule has 2 unspecified atom stereocenters. The first-order valence-corrected chi connectivity index (χ1v) is 4.89. The smallest absolute Gasteiger partial charge is 0.306 e. The van der Waals surface area contributed by atoms with Crippen LogP contribution in [0.15, 0.2) is 24.3 Å². The summed E-state index contributed by atoms with van der Waals surface area (Å²) in [5, 5.41) is 27.6. The lowest BCUT2D eigenvalue weighted by Gasteiger charge is -2.16. The van der Waals surface area contributed by atoms with Crippen LogP contribution in [0.3, 0.4) is 0 Å². The number of hydrogen-bond donors (Lipinski definition) is 4. The topological polar surface area (TPSA) is 121 Å². The van der Waals surface area contributed by atoms with E-state index in [0.29, 0.717) is 0 Å². The van der Waals surface area contributed by atoms with E-state index in [1.807, 2.05) is 0 Å². The van der Waals surface area contributed by atoms with Crippen LogP contribution in [0, 0.1) is 0 Å². The van der Waals surface area contributed by atoms with Gasteiger partial charge in [0.2, 0.25) is 5.91 Å². The molecule has 0 spiro atoms. The second-order valence-corrected chi connectivity index (χ2v) is 3.60. The van der Waals surface area contributed by atoms with Crippen molar-refractivity contribution in [1.82, 2.24) is 0 Å². The van der Waals surface area contributed by atoms with Gasteiger partial charge in [-0.2, -0.15) is 0 Å². The monoisotopic (exact) mass is 239 g/mol. The van der Waals surface area contributed by atoms with Crippen LogP contribution in [-0.2, 0) is 4.79 Å². The molecule has 0 saturated carbocycles. The van der Waals surface area contributed by atoms with Crippen LogP contribution in [0.1, 0.15) is 28.4 Å². The summed E-state index contributed by atoms with van der Waals surface area (Å²) in [6.45, 7) is 0. The lowest BCUT2D eigenvalue weighted by molar-refractivity contribution is -0.141. The van der Waals surface area contributed by atoms with E-state index >= 15 is 0 Å². The van der Waals surface area contributed by atoms with Crippen molar-refractivity contribution in [3.8, 4) is 0 Å². The molecule has 1 rings (SSSR count). The van der Waals surface area contributed by atoms with Gasteiger partial charge < -0.3 is 21.1 Å². The van der Waals surface area contributed by atoms with Crippen LogP contribution in [0.4, 0.5) is 0 Å². The Kier molecular flexibility index (Phi) is 4.19. The molecule has 17 heavy (non-hydrogen) atoms. The first kappa shape index (κ1) is 13.1. The zero-order chi connectivity index (χ0) is 13.0. The Balaban J connectivity index is 2.88. The maximum absolute atomic E-state index is 10.9. The van der Waals surface area contributed by atoms with E-state index in [9.17, 15) is 19.8 Å². The van der Waals surface area contributed by atoms with Crippen LogP contribution >= 0.6 is 0 Å². The summed E-state index contributed by atoms with van der Waals surface area (Å²) in [6, 6.07) is 5.74. The number of aliphatic hydroxyl groups excluding tert-OH is 2. The van der Waals surface area contributed by atoms with E-state index in [1.54, 1.807) is 0 Å². The molecule has 0 heterocycles. The lowest BCUT2D eigenvalue weighted by Crippen LogP contribution is -2.22. The average Bonchev–Trinajstić information content (AvgIpc) is 2.27. The van der Waals surface area contributed by atoms with Gasteiger partial charge in [0, 0.05) is 5.56 Å². The Hall–Kier alpha value is -1.92. The van der Waals surface area contributed by atoms with Gasteiger partial charge in [-0.05, 0) is 17.7 Å². The number of aliphatic hydroxyl groups is 2. The molecular formula is C11H13NO5. The molecule has 1 aromatic rings. The molecular weight excluding hydrogens is 226 g/mol. The highest BCUT2D eigenvalue weighted by molar-refractivity contribution is 5.92. The fourth-order valence-corrected chi connectivity index (χ4v) is 1.39. The van der Waals surface area contributed by atoms with E-state index in [0.717, 1.165) is 0 Å². The largest absolute Gasteiger partial charge is 0.481 e. The lowest BCUT2D eigenvalue weighted by atomic mass is 10.00. The van der Waals surface area contributed by atoms with Gasteiger partial charge in [-0.3, -0.25) is 9.59 Å². The highest BCUT2D eigenvalue weighted by Gasteiger charge is 2.21. The molecule has 0 radical (unpaired) electrons. The first-order chi connectivity index (χ1) is 7.91. The first-order valence-electron chi connectivity index (χ1n) is 4.89. The summed E-state index contributed by atoms with van der Waals surface area (Å²) in [6.07, 6.45) is -3.39. The van der Waals surface area contributed by atoms with Crippen LogP contribution in [0.5, 0.6) is 0 Å². The van der Waals surface area contributed by atoms with Crippen LogP contribution < -0.4 is 5.73 Å². The second-order valence-electron chi connectivity index (χ2n) is 3.60. The molecule has 1 aromatic carbocycles. The molecule has 0 fully saturated rings. The number of benzene rings is 1. The molecule has 0 saturated heterocycles. The van der Waals surface area contributed by atoms with E-state index in [1.165, 1.54) is 24.3 Å². The maximum Gasteiger partial charge on any atom is 0.306 e. The summed E-state index contributed by atoms with van der Waals surface area (Å²) in [7, 11) is 0. The number of primary amides is 1. The number of carboxylic acid groups (broad SMARTS) is 1. The zero-order valence-electron chi connectivity index (χ0n) is 8.91. The number of hydrogen-bond acceptors (Lipinski definition) is 4. The highest BCUT2D eigenvalue weighted by atomic mass is 16.4. The Bertz CT molecular complexity index is 432. The van der Waals surface area contributed by atoms with E-state index in [4.69, 9.17) is 10.8 Å². The number of carbonyl (C=O) groups excluding carboxylic acids is 1. The van der Waals surface area contributed by atoms with Gasteiger partial charge in [0.05, 0.1) is 12.5 Å². The van der Waals surface area contributed by atoms with Crippen molar-refractivity contribution < 1.29 is 24.9 Å². The minimum absolute atomic E-state index is 0.184. The fourth-order valence-electron chi connectivity index (χ4n) is 1.39. The Morgan fingerprint density at radius 3 is 2.47 bits per heavy atom. The molecule has 2 atom stereocenters. The maximum atomic E-state index is 10.9. The summed E-state index contributed by atoms with van der Waals surface area (Å²) in [5.74, 6) is -1.88. The van der Waals surface area contributed by atoms with Gasteiger partial charge in [-0.1, -0.05) is 12.1 Å². The predicted octanol–water partition coefficient (Wildman–Crippen LogP) is -0.346. The van der Waals surface area contributed by atoms with E-state index < -0.39 is 30.5 Å². The summed E-state index contributed by atoms with van der Waals surface area (Å²) in [4.78, 5) is 21.3. The Morgan fingerprint density at radius 2 is 1.94 bits per heavy atom. The summed E-state index contributed by atoms with van der Waals surface area (Å²) in [5.41, 5.74) is 5.49. The third kappa shape index (κ3) is 3.54. The van der Waals surface area contributed by atoms with Gasteiger partial charge in [0.15, 0.2) is 0 Å². The number of carboxylic acids is 1. The van der Waals surface area contributed by atoms with Crippen molar-refractivity contribution in [3.05, 3.63) is 35.4 Å². The van der Waals surface area contributed by atoms with Crippen LogP contribution in [0.25, 0.3) is 0 Å². The molecule has 6 heteroatoms. The molecule has 6 nitrogen and oxygen atoms in total. The van der Waals surface area contributed by atoms with Crippen molar-refractivity contribution in [2.24, 2.45) is 5.73 Å². The minimum atomic E-state index is -1.43. The third-order valence-electron chi connectivity index (χ3n) is 2.26. The molecule has 5 N–H and O–H groups in total. The van der Waals surface area contributed by atoms with Crippen molar-refractivity contribution in [1.29, 1.82) is 0 Å². The second kappa shape index (κ2) is 5.42. The highest BCUT2D eigenvalue weighted by Crippen LogP contribution is 2.19. The van der Waals surface area contributed by atoms with Crippen LogP contribution in [0.2, 0.25) is 0 Å². The van der Waals surface area contributed by atoms with E-state index in [-0.39, 0.29) is 11.1 Å². The molecule has 0 aliphatic rings. The van der Waals surface area contributed by atoms with Gasteiger partial charge in [-0.25, -0.2) is 0 Å². The predicted molar refractivity (Wildman–Crippen MR) is 58.2 cm³/mol. The number of nitrogens with two attached hydrogens (primary N) is 1. The van der Waals surface area contributed by atoms with Gasteiger partial charge >= 0.3 is 5.97 Å². The summed E-state index contributed by atoms with van der Waals surface area (Å²) < 4.78 is 0. The quantitative estimate of drug-likeness (QED) is 0.559. The van der Waals surface area contributed by atoms with Crippen molar-refractivity contribution in [2.45, 2.75) is 18.6 Å². The SMILES string of the molecule is NC(=O)c1cccc(C(O)C(O)CC(=O)O)c1. The molecule has 0 aliphatic heterocycles. The Morgan fingerprint density at radius 1 is 1.29 bits per heavy atom. The van der Waals surface area contributed by atoms with Gasteiger partial charge in [0.1, 0.15) is 6.10 Å².